The van der Waals surface area contributed by atoms with E-state index in [0.29, 0.717) is 5.92 Å². The van der Waals surface area contributed by atoms with Crippen LogP contribution < -0.4 is 5.73 Å². The van der Waals surface area contributed by atoms with Crippen LogP contribution >= 0.6 is 0 Å². The average Bonchev–Trinajstić information content (AvgIpc) is 2.65. The topological polar surface area (TPSA) is 49.6 Å². The highest BCUT2D eigenvalue weighted by atomic mass is 16.2. The lowest BCUT2D eigenvalue weighted by molar-refractivity contribution is -0.128. The van der Waals surface area contributed by atoms with Crippen molar-refractivity contribution >= 4 is 5.91 Å². The average molecular weight is 213 g/mol. The molecule has 1 atom stereocenters. The van der Waals surface area contributed by atoms with Gasteiger partial charge in [0, 0.05) is 19.6 Å². The first kappa shape index (κ1) is 12.5. The van der Waals surface area contributed by atoms with Crippen LogP contribution in [0.1, 0.15) is 19.8 Å². The van der Waals surface area contributed by atoms with Crippen LogP contribution in [-0.4, -0.2) is 55.5 Å². The molecule has 0 spiro atoms. The second-order valence-electron chi connectivity index (χ2n) is 4.46. The number of nitrogens with two attached hydrogens (primary N) is 1. The Bertz CT molecular complexity index is 208. The summed E-state index contributed by atoms with van der Waals surface area (Å²) in [6.07, 6.45) is 2.31. The van der Waals surface area contributed by atoms with Crippen molar-refractivity contribution < 1.29 is 4.79 Å². The van der Waals surface area contributed by atoms with Crippen molar-refractivity contribution in [2.45, 2.75) is 19.8 Å². The number of hydrogen-bond acceptors (Lipinski definition) is 3. The van der Waals surface area contributed by atoms with Crippen molar-refractivity contribution in [1.29, 1.82) is 0 Å². The van der Waals surface area contributed by atoms with Crippen molar-refractivity contribution in [1.82, 2.24) is 9.80 Å². The Balaban J connectivity index is 2.27. The first-order chi connectivity index (χ1) is 7.17. The van der Waals surface area contributed by atoms with E-state index in [4.69, 9.17) is 5.73 Å². The van der Waals surface area contributed by atoms with Crippen LogP contribution in [0, 0.1) is 5.92 Å². The highest BCUT2D eigenvalue weighted by molar-refractivity contribution is 5.78. The molecule has 15 heavy (non-hydrogen) atoms. The van der Waals surface area contributed by atoms with E-state index in [1.165, 1.54) is 6.42 Å². The number of likely N-dealkylation sites (tertiary alicyclic amines) is 1. The van der Waals surface area contributed by atoms with Crippen LogP contribution in [0.5, 0.6) is 0 Å². The van der Waals surface area contributed by atoms with Gasteiger partial charge >= 0.3 is 0 Å². The molecule has 4 heteroatoms. The Morgan fingerprint density at radius 1 is 1.60 bits per heavy atom. The maximum Gasteiger partial charge on any atom is 0.236 e. The number of nitrogens with zero attached hydrogens (tertiary/aromatic N) is 2. The second-order valence-corrected chi connectivity index (χ2v) is 4.46. The molecule has 1 rings (SSSR count). The Hall–Kier alpha value is -0.610. The van der Waals surface area contributed by atoms with Gasteiger partial charge in [-0.2, -0.15) is 0 Å². The van der Waals surface area contributed by atoms with Crippen molar-refractivity contribution in [3.63, 3.8) is 0 Å². The third-order valence-electron chi connectivity index (χ3n) is 2.99. The van der Waals surface area contributed by atoms with Crippen molar-refractivity contribution in [3.8, 4) is 0 Å². The minimum absolute atomic E-state index is 0.0932. The summed E-state index contributed by atoms with van der Waals surface area (Å²) >= 11 is 0. The fraction of sp³-hybridized carbons (Fsp3) is 0.909. The standard InChI is InChI=1S/C11H23N3O/c1-3-5-13(2)8-10-4-6-14(9-10)11(15)7-12/h10H,3-9,12H2,1-2H3. The van der Waals surface area contributed by atoms with Gasteiger partial charge in [-0.1, -0.05) is 6.92 Å². The molecule has 0 radical (unpaired) electrons. The summed E-state index contributed by atoms with van der Waals surface area (Å²) in [6, 6.07) is 0. The molecule has 1 fully saturated rings. The van der Waals surface area contributed by atoms with Crippen LogP contribution in [0.2, 0.25) is 0 Å². The molecular weight excluding hydrogens is 190 g/mol. The van der Waals surface area contributed by atoms with Gasteiger partial charge in [0.1, 0.15) is 0 Å². The number of rotatable bonds is 5. The summed E-state index contributed by atoms with van der Waals surface area (Å²) in [5.74, 6) is 0.729. The van der Waals surface area contributed by atoms with Gasteiger partial charge in [-0.05, 0) is 32.4 Å². The smallest absolute Gasteiger partial charge is 0.236 e. The Kier molecular flexibility index (Phi) is 5.05. The SMILES string of the molecule is CCCN(C)CC1CCN(C(=O)CN)C1. The lowest BCUT2D eigenvalue weighted by Crippen LogP contribution is -2.35. The molecule has 0 aliphatic carbocycles. The van der Waals surface area contributed by atoms with E-state index in [2.05, 4.69) is 18.9 Å². The highest BCUT2D eigenvalue weighted by Gasteiger charge is 2.25. The number of amides is 1. The maximum absolute atomic E-state index is 11.4. The van der Waals surface area contributed by atoms with Crippen molar-refractivity contribution in [3.05, 3.63) is 0 Å². The molecule has 0 bridgehead atoms. The van der Waals surface area contributed by atoms with E-state index in [1.54, 1.807) is 0 Å². The van der Waals surface area contributed by atoms with Crippen LogP contribution in [0.4, 0.5) is 0 Å². The fourth-order valence-electron chi connectivity index (χ4n) is 2.25. The second kappa shape index (κ2) is 6.08. The monoisotopic (exact) mass is 213 g/mol. The van der Waals surface area contributed by atoms with E-state index in [-0.39, 0.29) is 12.5 Å². The molecule has 1 heterocycles. The van der Waals surface area contributed by atoms with Crippen molar-refractivity contribution in [2.75, 3.05) is 39.8 Å². The van der Waals surface area contributed by atoms with Crippen LogP contribution in [-0.2, 0) is 4.79 Å². The molecular formula is C11H23N3O. The summed E-state index contributed by atoms with van der Waals surface area (Å²) in [5, 5.41) is 0. The predicted octanol–water partition coefficient (Wildman–Crippen LogP) is 0.135. The van der Waals surface area contributed by atoms with Crippen molar-refractivity contribution in [2.24, 2.45) is 11.7 Å². The molecule has 1 aliphatic rings. The Labute approximate surface area is 92.4 Å². The van der Waals surface area contributed by atoms with Crippen LogP contribution in [0.3, 0.4) is 0 Å². The van der Waals surface area contributed by atoms with Gasteiger partial charge < -0.3 is 15.5 Å². The molecule has 0 aromatic rings. The van der Waals surface area contributed by atoms with Gasteiger partial charge in [0.05, 0.1) is 6.54 Å². The summed E-state index contributed by atoms with van der Waals surface area (Å²) in [4.78, 5) is 15.6. The summed E-state index contributed by atoms with van der Waals surface area (Å²) in [7, 11) is 2.15. The molecule has 88 valence electrons. The van der Waals surface area contributed by atoms with Gasteiger partial charge in [-0.3, -0.25) is 4.79 Å². The van der Waals surface area contributed by atoms with Gasteiger partial charge in [0.15, 0.2) is 0 Å². The minimum atomic E-state index is 0.0932. The maximum atomic E-state index is 11.4. The summed E-state index contributed by atoms with van der Waals surface area (Å²) < 4.78 is 0. The van der Waals surface area contributed by atoms with E-state index in [9.17, 15) is 4.79 Å². The Morgan fingerprint density at radius 3 is 2.93 bits per heavy atom. The fourth-order valence-corrected chi connectivity index (χ4v) is 2.25. The largest absolute Gasteiger partial charge is 0.341 e. The van der Waals surface area contributed by atoms with E-state index < -0.39 is 0 Å². The molecule has 4 nitrogen and oxygen atoms in total. The molecule has 0 aromatic heterocycles. The van der Waals surface area contributed by atoms with E-state index in [1.807, 2.05) is 4.90 Å². The lowest BCUT2D eigenvalue weighted by Gasteiger charge is -2.20. The highest BCUT2D eigenvalue weighted by Crippen LogP contribution is 2.16. The van der Waals surface area contributed by atoms with E-state index in [0.717, 1.165) is 32.6 Å². The summed E-state index contributed by atoms with van der Waals surface area (Å²) in [6.45, 7) is 6.36. The first-order valence-corrected chi connectivity index (χ1v) is 5.83. The molecule has 2 N–H and O–H groups in total. The molecule has 1 saturated heterocycles. The van der Waals surface area contributed by atoms with E-state index >= 15 is 0 Å². The molecule has 1 aliphatic heterocycles. The zero-order chi connectivity index (χ0) is 11.3. The first-order valence-electron chi connectivity index (χ1n) is 5.83. The quantitative estimate of drug-likeness (QED) is 0.706. The number of carbonyl (C=O) groups excluding carboxylic acids is 1. The van der Waals surface area contributed by atoms with Crippen LogP contribution in [0.25, 0.3) is 0 Å². The van der Waals surface area contributed by atoms with Gasteiger partial charge in [-0.15, -0.1) is 0 Å². The lowest BCUT2D eigenvalue weighted by atomic mass is 10.1. The Morgan fingerprint density at radius 2 is 2.33 bits per heavy atom. The normalized spacial score (nSPS) is 21.3. The number of carbonyl (C=O) groups is 1. The summed E-state index contributed by atoms with van der Waals surface area (Å²) in [5.41, 5.74) is 5.34. The number of hydrogen-bond donors (Lipinski definition) is 1. The minimum Gasteiger partial charge on any atom is -0.341 e. The third-order valence-corrected chi connectivity index (χ3v) is 2.99. The zero-order valence-electron chi connectivity index (χ0n) is 9.91. The molecule has 1 amide bonds. The molecule has 0 saturated carbocycles. The zero-order valence-corrected chi connectivity index (χ0v) is 9.91. The van der Waals surface area contributed by atoms with Gasteiger partial charge in [0.2, 0.25) is 5.91 Å². The van der Waals surface area contributed by atoms with Gasteiger partial charge in [-0.25, -0.2) is 0 Å². The molecule has 0 aromatic carbocycles. The molecule has 1 unspecified atom stereocenters. The van der Waals surface area contributed by atoms with Crippen LogP contribution in [0.15, 0.2) is 0 Å². The third kappa shape index (κ3) is 3.80. The van der Waals surface area contributed by atoms with Gasteiger partial charge in [0.25, 0.3) is 0 Å². The predicted molar refractivity (Wildman–Crippen MR) is 61.5 cm³/mol.